The highest BCUT2D eigenvalue weighted by molar-refractivity contribution is 5.79. The minimum absolute atomic E-state index is 0.138. The molecule has 1 saturated heterocycles. The quantitative estimate of drug-likeness (QED) is 0.604. The van der Waals surface area contributed by atoms with Gasteiger partial charge >= 0.3 is 5.97 Å². The molecule has 1 heterocycles. The molecule has 4 nitrogen and oxygen atoms in total. The van der Waals surface area contributed by atoms with Crippen LogP contribution in [0, 0.1) is 0 Å². The van der Waals surface area contributed by atoms with Gasteiger partial charge in [-0.05, 0) is 42.5 Å². The second-order valence-electron chi connectivity index (χ2n) is 5.03. The number of epoxide rings is 1. The van der Waals surface area contributed by atoms with E-state index in [0.717, 1.165) is 36.1 Å². The summed E-state index contributed by atoms with van der Waals surface area (Å²) in [6, 6.07) is 5.88. The van der Waals surface area contributed by atoms with Crippen LogP contribution in [0.2, 0.25) is 0 Å². The van der Waals surface area contributed by atoms with Gasteiger partial charge in [-0.2, -0.15) is 0 Å². The van der Waals surface area contributed by atoms with Crippen LogP contribution in [0.15, 0.2) is 18.2 Å². The third kappa shape index (κ3) is 2.59. The lowest BCUT2D eigenvalue weighted by molar-refractivity contribution is -0.146. The van der Waals surface area contributed by atoms with Crippen LogP contribution >= 0.6 is 0 Å². The zero-order chi connectivity index (χ0) is 13.4. The van der Waals surface area contributed by atoms with Crippen LogP contribution in [0.4, 0.5) is 0 Å². The maximum absolute atomic E-state index is 11.8. The molecule has 2 unspecified atom stereocenters. The minimum Gasteiger partial charge on any atom is -0.497 e. The Labute approximate surface area is 112 Å². The molecular formula is C15H18O4. The van der Waals surface area contributed by atoms with Crippen LogP contribution in [0.25, 0.3) is 0 Å². The Kier molecular flexibility index (Phi) is 3.19. The number of ether oxygens (including phenoxy) is 3. The zero-order valence-electron chi connectivity index (χ0n) is 11.2. The van der Waals surface area contributed by atoms with Crippen LogP contribution < -0.4 is 4.74 Å². The Hall–Kier alpha value is -1.55. The maximum atomic E-state index is 11.8. The summed E-state index contributed by atoms with van der Waals surface area (Å²) >= 11 is 0. The van der Waals surface area contributed by atoms with Gasteiger partial charge in [-0.3, -0.25) is 0 Å². The average Bonchev–Trinajstić information content (AvgIpc) is 3.31. The molecule has 2 fully saturated rings. The molecule has 0 spiro atoms. The summed E-state index contributed by atoms with van der Waals surface area (Å²) in [7, 11) is 1.65. The van der Waals surface area contributed by atoms with Crippen LogP contribution in [0.1, 0.15) is 37.0 Å². The van der Waals surface area contributed by atoms with Crippen molar-refractivity contribution in [2.75, 3.05) is 7.11 Å². The van der Waals surface area contributed by atoms with Crippen molar-refractivity contribution in [2.45, 2.75) is 44.5 Å². The smallest absolute Gasteiger partial charge is 0.338 e. The van der Waals surface area contributed by atoms with Gasteiger partial charge < -0.3 is 14.2 Å². The number of rotatable bonds is 5. The molecular weight excluding hydrogens is 244 g/mol. The van der Waals surface area contributed by atoms with Crippen LogP contribution in [-0.2, 0) is 20.7 Å². The Morgan fingerprint density at radius 2 is 2.21 bits per heavy atom. The van der Waals surface area contributed by atoms with Crippen molar-refractivity contribution in [3.63, 3.8) is 0 Å². The zero-order valence-corrected chi connectivity index (χ0v) is 11.2. The first kappa shape index (κ1) is 12.5. The van der Waals surface area contributed by atoms with Crippen molar-refractivity contribution in [3.05, 3.63) is 29.3 Å². The Morgan fingerprint density at radius 3 is 2.84 bits per heavy atom. The lowest BCUT2D eigenvalue weighted by Crippen LogP contribution is -2.13. The van der Waals surface area contributed by atoms with Crippen LogP contribution in [0.5, 0.6) is 5.75 Å². The highest BCUT2D eigenvalue weighted by atomic mass is 16.6. The Bertz CT molecular complexity index is 493. The van der Waals surface area contributed by atoms with Crippen molar-refractivity contribution in [1.82, 2.24) is 0 Å². The standard InChI is InChI=1S/C15H18O4/c1-3-9-8-11(17-2)6-7-12(9)13-14(19-13)15(16)18-10-4-5-10/h6-8,10,13-14H,3-5H2,1-2H3. The fraction of sp³-hybridized carbons (Fsp3) is 0.533. The van der Waals surface area contributed by atoms with E-state index in [1.165, 1.54) is 0 Å². The van der Waals surface area contributed by atoms with Gasteiger partial charge in [0.15, 0.2) is 6.10 Å². The summed E-state index contributed by atoms with van der Waals surface area (Å²) in [6.07, 6.45) is 2.44. The molecule has 3 rings (SSSR count). The average molecular weight is 262 g/mol. The molecule has 0 amide bonds. The molecule has 102 valence electrons. The van der Waals surface area contributed by atoms with Gasteiger partial charge in [0.25, 0.3) is 0 Å². The predicted molar refractivity (Wildman–Crippen MR) is 69.1 cm³/mol. The second kappa shape index (κ2) is 4.85. The number of aryl methyl sites for hydroxylation is 1. The molecule has 2 aliphatic rings. The van der Waals surface area contributed by atoms with E-state index in [2.05, 4.69) is 6.92 Å². The van der Waals surface area contributed by atoms with Crippen molar-refractivity contribution in [3.8, 4) is 5.75 Å². The lowest BCUT2D eigenvalue weighted by atomic mass is 10.0. The van der Waals surface area contributed by atoms with E-state index in [0.29, 0.717) is 0 Å². The predicted octanol–water partition coefficient (Wildman–Crippen LogP) is 2.40. The number of hydrogen-bond donors (Lipinski definition) is 0. The molecule has 2 atom stereocenters. The number of hydrogen-bond acceptors (Lipinski definition) is 4. The summed E-state index contributed by atoms with van der Waals surface area (Å²) in [4.78, 5) is 11.8. The molecule has 1 aliphatic heterocycles. The first-order valence-corrected chi connectivity index (χ1v) is 6.75. The molecule has 4 heteroatoms. The van der Waals surface area contributed by atoms with Crippen molar-refractivity contribution in [2.24, 2.45) is 0 Å². The summed E-state index contributed by atoms with van der Waals surface area (Å²) in [5, 5.41) is 0. The third-order valence-corrected chi connectivity index (χ3v) is 3.57. The summed E-state index contributed by atoms with van der Waals surface area (Å²) in [5.41, 5.74) is 2.23. The van der Waals surface area contributed by atoms with Crippen molar-refractivity contribution >= 4 is 5.97 Å². The fourth-order valence-electron chi connectivity index (χ4n) is 2.24. The van der Waals surface area contributed by atoms with Crippen molar-refractivity contribution in [1.29, 1.82) is 0 Å². The molecule has 1 aliphatic carbocycles. The second-order valence-corrected chi connectivity index (χ2v) is 5.03. The van der Waals surface area contributed by atoms with Crippen molar-refractivity contribution < 1.29 is 19.0 Å². The van der Waals surface area contributed by atoms with Gasteiger partial charge in [0.05, 0.1) is 7.11 Å². The highest BCUT2D eigenvalue weighted by Gasteiger charge is 2.49. The van der Waals surface area contributed by atoms with E-state index in [4.69, 9.17) is 14.2 Å². The molecule has 1 aromatic rings. The summed E-state index contributed by atoms with van der Waals surface area (Å²) in [6.45, 7) is 2.08. The molecule has 0 aromatic heterocycles. The highest BCUT2D eigenvalue weighted by Crippen LogP contribution is 2.42. The number of benzene rings is 1. The number of esters is 1. The first-order valence-electron chi connectivity index (χ1n) is 6.75. The Balaban J connectivity index is 1.71. The normalized spacial score (nSPS) is 24.9. The van der Waals surface area contributed by atoms with E-state index < -0.39 is 6.10 Å². The van der Waals surface area contributed by atoms with Gasteiger partial charge in [0.2, 0.25) is 0 Å². The SMILES string of the molecule is CCc1cc(OC)ccc1C1OC1C(=O)OC1CC1. The van der Waals surface area contributed by atoms with Gasteiger partial charge in [0, 0.05) is 0 Å². The van der Waals surface area contributed by atoms with E-state index in [9.17, 15) is 4.79 Å². The van der Waals surface area contributed by atoms with Gasteiger partial charge in [-0.1, -0.05) is 13.0 Å². The molecule has 1 aromatic carbocycles. The molecule has 0 N–H and O–H groups in total. The lowest BCUT2D eigenvalue weighted by Gasteiger charge is -2.08. The summed E-state index contributed by atoms with van der Waals surface area (Å²) in [5.74, 6) is 0.615. The van der Waals surface area contributed by atoms with E-state index in [1.54, 1.807) is 7.11 Å². The molecule has 0 bridgehead atoms. The van der Waals surface area contributed by atoms with Crippen LogP contribution in [0.3, 0.4) is 0 Å². The fourth-order valence-corrected chi connectivity index (χ4v) is 2.24. The maximum Gasteiger partial charge on any atom is 0.338 e. The van der Waals surface area contributed by atoms with E-state index in [-0.39, 0.29) is 18.2 Å². The summed E-state index contributed by atoms with van der Waals surface area (Å²) < 4.78 is 16.0. The number of carbonyl (C=O) groups is 1. The topological polar surface area (TPSA) is 48.1 Å². The van der Waals surface area contributed by atoms with Gasteiger partial charge in [-0.15, -0.1) is 0 Å². The number of carbonyl (C=O) groups excluding carboxylic acids is 1. The molecule has 19 heavy (non-hydrogen) atoms. The monoisotopic (exact) mass is 262 g/mol. The van der Waals surface area contributed by atoms with Crippen LogP contribution in [-0.4, -0.2) is 25.3 Å². The van der Waals surface area contributed by atoms with Gasteiger partial charge in [-0.25, -0.2) is 4.79 Å². The molecule has 0 radical (unpaired) electrons. The molecule has 1 saturated carbocycles. The van der Waals surface area contributed by atoms with Gasteiger partial charge in [0.1, 0.15) is 18.0 Å². The van der Waals surface area contributed by atoms with E-state index >= 15 is 0 Å². The number of methoxy groups -OCH3 is 1. The largest absolute Gasteiger partial charge is 0.497 e. The van der Waals surface area contributed by atoms with E-state index in [1.807, 2.05) is 18.2 Å². The first-order chi connectivity index (χ1) is 9.22. The third-order valence-electron chi connectivity index (χ3n) is 3.57. The Morgan fingerprint density at radius 1 is 1.42 bits per heavy atom. The minimum atomic E-state index is -0.417.